The first kappa shape index (κ1) is 23.9. The summed E-state index contributed by atoms with van der Waals surface area (Å²) in [5.74, 6) is 2.63. The van der Waals surface area contributed by atoms with Crippen molar-refractivity contribution in [3.63, 3.8) is 0 Å². The number of benzene rings is 2. The number of aryl methyl sites for hydroxylation is 1. The lowest BCUT2D eigenvalue weighted by Crippen LogP contribution is -2.32. The molecule has 1 N–H and O–H groups in total. The first-order chi connectivity index (χ1) is 15.5. The number of nitrogens with zero attached hydrogens (tertiary/aromatic N) is 1. The maximum Gasteiger partial charge on any atom is 0.220 e. The van der Waals surface area contributed by atoms with Gasteiger partial charge in [-0.1, -0.05) is 31.2 Å². The van der Waals surface area contributed by atoms with Crippen molar-refractivity contribution >= 4 is 5.91 Å². The number of methoxy groups -OCH3 is 3. The minimum atomic E-state index is 0.0188. The van der Waals surface area contributed by atoms with Crippen molar-refractivity contribution in [2.45, 2.75) is 45.7 Å². The molecule has 32 heavy (non-hydrogen) atoms. The zero-order valence-electron chi connectivity index (χ0n) is 19.8. The van der Waals surface area contributed by atoms with Crippen LogP contribution < -0.4 is 19.5 Å². The number of carbonyl (C=O) groups excluding carboxylic acids is 1. The first-order valence-electron chi connectivity index (χ1n) is 11.4. The van der Waals surface area contributed by atoms with Crippen molar-refractivity contribution in [1.82, 2.24) is 10.2 Å². The van der Waals surface area contributed by atoms with Crippen LogP contribution in [0.2, 0.25) is 0 Å². The molecule has 2 aromatic rings. The monoisotopic (exact) mass is 440 g/mol. The topological polar surface area (TPSA) is 60.0 Å². The third kappa shape index (κ3) is 6.63. The van der Waals surface area contributed by atoms with Gasteiger partial charge >= 0.3 is 0 Å². The normalized spacial score (nSPS) is 14.8. The molecule has 1 fully saturated rings. The Balaban J connectivity index is 1.46. The minimum Gasteiger partial charge on any atom is -0.493 e. The lowest BCUT2D eigenvalue weighted by atomic mass is 9.99. The molecule has 0 saturated carbocycles. The van der Waals surface area contributed by atoms with Gasteiger partial charge in [0.2, 0.25) is 11.7 Å². The number of carbonyl (C=O) groups is 1. The molecular formula is C26H36N2O4. The molecule has 0 spiro atoms. The predicted molar refractivity (Wildman–Crippen MR) is 126 cm³/mol. The van der Waals surface area contributed by atoms with Crippen molar-refractivity contribution in [3.05, 3.63) is 53.1 Å². The maximum atomic E-state index is 12.4. The van der Waals surface area contributed by atoms with Gasteiger partial charge in [-0.2, -0.15) is 0 Å². The van der Waals surface area contributed by atoms with Crippen LogP contribution in [-0.2, 0) is 24.3 Å². The highest BCUT2D eigenvalue weighted by atomic mass is 16.5. The standard InChI is InChI=1S/C26H36N2O4/c1-19-11-13-28(14-12-19)18-21-7-5-20(6-8-21)17-27-25(29)10-9-22-15-23(30-2)26(32-4)24(16-22)31-3/h5-8,15-16,19H,9-14,17-18H2,1-4H3,(H,27,29). The van der Waals surface area contributed by atoms with Gasteiger partial charge < -0.3 is 19.5 Å². The van der Waals surface area contributed by atoms with Crippen LogP contribution in [0.15, 0.2) is 36.4 Å². The molecular weight excluding hydrogens is 404 g/mol. The van der Waals surface area contributed by atoms with Gasteiger partial charge in [0.15, 0.2) is 11.5 Å². The minimum absolute atomic E-state index is 0.0188. The van der Waals surface area contributed by atoms with Crippen LogP contribution in [0.3, 0.4) is 0 Å². The van der Waals surface area contributed by atoms with E-state index in [1.165, 1.54) is 31.5 Å². The van der Waals surface area contributed by atoms with Crippen LogP contribution >= 0.6 is 0 Å². The molecule has 0 atom stereocenters. The van der Waals surface area contributed by atoms with Gasteiger partial charge in [-0.05, 0) is 67.1 Å². The van der Waals surface area contributed by atoms with E-state index in [4.69, 9.17) is 14.2 Å². The summed E-state index contributed by atoms with van der Waals surface area (Å²) in [4.78, 5) is 14.9. The number of hydrogen-bond acceptors (Lipinski definition) is 5. The fraction of sp³-hybridized carbons (Fsp3) is 0.500. The van der Waals surface area contributed by atoms with E-state index >= 15 is 0 Å². The van der Waals surface area contributed by atoms with Crippen LogP contribution in [0.1, 0.15) is 42.9 Å². The summed E-state index contributed by atoms with van der Waals surface area (Å²) in [5, 5.41) is 3.02. The largest absolute Gasteiger partial charge is 0.493 e. The lowest BCUT2D eigenvalue weighted by molar-refractivity contribution is -0.121. The number of nitrogens with one attached hydrogen (secondary N) is 1. The number of piperidine rings is 1. The lowest BCUT2D eigenvalue weighted by Gasteiger charge is -2.30. The Labute approximate surface area is 191 Å². The van der Waals surface area contributed by atoms with Crippen molar-refractivity contribution in [2.24, 2.45) is 5.92 Å². The molecule has 0 radical (unpaired) electrons. The Bertz CT molecular complexity index is 849. The molecule has 0 bridgehead atoms. The van der Waals surface area contributed by atoms with Crippen molar-refractivity contribution in [1.29, 1.82) is 0 Å². The average molecular weight is 441 g/mol. The molecule has 6 nitrogen and oxygen atoms in total. The fourth-order valence-corrected chi connectivity index (χ4v) is 4.07. The third-order valence-corrected chi connectivity index (χ3v) is 6.16. The molecule has 1 heterocycles. The Morgan fingerprint density at radius 2 is 1.53 bits per heavy atom. The summed E-state index contributed by atoms with van der Waals surface area (Å²) in [5.41, 5.74) is 3.41. The summed E-state index contributed by atoms with van der Waals surface area (Å²) >= 11 is 0. The Hall–Kier alpha value is -2.73. The summed E-state index contributed by atoms with van der Waals surface area (Å²) < 4.78 is 16.1. The summed E-state index contributed by atoms with van der Waals surface area (Å²) in [6.07, 6.45) is 3.57. The number of amides is 1. The number of likely N-dealkylation sites (tertiary alicyclic amines) is 1. The smallest absolute Gasteiger partial charge is 0.220 e. The molecule has 1 aliphatic rings. The predicted octanol–water partition coefficient (Wildman–Crippen LogP) is 4.19. The molecule has 6 heteroatoms. The van der Waals surface area contributed by atoms with Crippen LogP contribution in [0.5, 0.6) is 17.2 Å². The van der Waals surface area contributed by atoms with E-state index in [2.05, 4.69) is 41.4 Å². The van der Waals surface area contributed by atoms with E-state index < -0.39 is 0 Å². The van der Waals surface area contributed by atoms with Crippen LogP contribution in [-0.4, -0.2) is 45.2 Å². The zero-order valence-corrected chi connectivity index (χ0v) is 19.8. The van der Waals surface area contributed by atoms with E-state index in [0.29, 0.717) is 36.6 Å². The van der Waals surface area contributed by atoms with Gasteiger partial charge in [0.25, 0.3) is 0 Å². The second kappa shape index (κ2) is 11.8. The third-order valence-electron chi connectivity index (χ3n) is 6.16. The van der Waals surface area contributed by atoms with E-state index in [0.717, 1.165) is 23.6 Å². The average Bonchev–Trinajstić information content (AvgIpc) is 2.82. The van der Waals surface area contributed by atoms with Gasteiger partial charge in [0.1, 0.15) is 0 Å². The van der Waals surface area contributed by atoms with Gasteiger partial charge in [-0.25, -0.2) is 0 Å². The summed E-state index contributed by atoms with van der Waals surface area (Å²) in [6, 6.07) is 12.3. The molecule has 0 aromatic heterocycles. The first-order valence-corrected chi connectivity index (χ1v) is 11.4. The SMILES string of the molecule is COc1cc(CCC(=O)NCc2ccc(CN3CCC(C)CC3)cc2)cc(OC)c1OC. The summed E-state index contributed by atoms with van der Waals surface area (Å²) in [7, 11) is 4.76. The van der Waals surface area contributed by atoms with E-state index in [-0.39, 0.29) is 5.91 Å². The molecule has 1 saturated heterocycles. The maximum absolute atomic E-state index is 12.4. The number of hydrogen-bond donors (Lipinski definition) is 1. The van der Waals surface area contributed by atoms with E-state index in [9.17, 15) is 4.79 Å². The van der Waals surface area contributed by atoms with Gasteiger partial charge in [-0.3, -0.25) is 9.69 Å². The quantitative estimate of drug-likeness (QED) is 0.600. The highest BCUT2D eigenvalue weighted by Crippen LogP contribution is 2.38. The van der Waals surface area contributed by atoms with Gasteiger partial charge in [-0.15, -0.1) is 0 Å². The van der Waals surface area contributed by atoms with Crippen LogP contribution in [0, 0.1) is 5.92 Å². The Kier molecular flexibility index (Phi) is 8.80. The Morgan fingerprint density at radius 1 is 0.938 bits per heavy atom. The molecule has 0 aliphatic carbocycles. The molecule has 1 aliphatic heterocycles. The second-order valence-electron chi connectivity index (χ2n) is 8.59. The fourth-order valence-electron chi connectivity index (χ4n) is 4.07. The van der Waals surface area contributed by atoms with Crippen LogP contribution in [0.4, 0.5) is 0 Å². The van der Waals surface area contributed by atoms with Gasteiger partial charge in [0, 0.05) is 19.5 Å². The van der Waals surface area contributed by atoms with Gasteiger partial charge in [0.05, 0.1) is 21.3 Å². The highest BCUT2D eigenvalue weighted by molar-refractivity contribution is 5.76. The molecule has 174 valence electrons. The van der Waals surface area contributed by atoms with Crippen molar-refractivity contribution in [3.8, 4) is 17.2 Å². The molecule has 1 amide bonds. The van der Waals surface area contributed by atoms with Crippen molar-refractivity contribution < 1.29 is 19.0 Å². The molecule has 0 unspecified atom stereocenters. The molecule has 3 rings (SSSR count). The van der Waals surface area contributed by atoms with E-state index in [1.54, 1.807) is 21.3 Å². The highest BCUT2D eigenvalue weighted by Gasteiger charge is 2.16. The van der Waals surface area contributed by atoms with Crippen LogP contribution in [0.25, 0.3) is 0 Å². The second-order valence-corrected chi connectivity index (χ2v) is 8.59. The summed E-state index contributed by atoms with van der Waals surface area (Å²) in [6.45, 7) is 6.25. The van der Waals surface area contributed by atoms with E-state index in [1.807, 2.05) is 12.1 Å². The Morgan fingerprint density at radius 3 is 2.09 bits per heavy atom. The van der Waals surface area contributed by atoms with Crippen molar-refractivity contribution in [2.75, 3.05) is 34.4 Å². The number of rotatable bonds is 10. The number of ether oxygens (including phenoxy) is 3. The zero-order chi connectivity index (χ0) is 22.9. The molecule has 2 aromatic carbocycles.